The normalized spacial score (nSPS) is 10.7. The molecule has 100 valence electrons. The van der Waals surface area contributed by atoms with Gasteiger partial charge in [0.1, 0.15) is 11.5 Å². The van der Waals surface area contributed by atoms with Crippen molar-refractivity contribution in [3.63, 3.8) is 0 Å². The quantitative estimate of drug-likeness (QED) is 0.869. The molecular weight excluding hydrogens is 304 g/mol. The lowest BCUT2D eigenvalue weighted by Crippen LogP contribution is -2.11. The van der Waals surface area contributed by atoms with Crippen LogP contribution in [-0.4, -0.2) is 19.0 Å². The molecule has 0 radical (unpaired) electrons. The second kappa shape index (κ2) is 6.08. The van der Waals surface area contributed by atoms with Crippen molar-refractivity contribution >= 4 is 21.6 Å². The molecule has 0 aliphatic heterocycles. The Morgan fingerprint density at radius 3 is 2.53 bits per heavy atom. The molecule has 0 aliphatic rings. The largest absolute Gasteiger partial charge is 0.455 e. The minimum absolute atomic E-state index is 0.619. The van der Waals surface area contributed by atoms with Crippen molar-refractivity contribution < 1.29 is 4.74 Å². The molecule has 19 heavy (non-hydrogen) atoms. The van der Waals surface area contributed by atoms with Crippen molar-refractivity contribution in [3.8, 4) is 11.5 Å². The van der Waals surface area contributed by atoms with Crippen LogP contribution in [0.1, 0.15) is 5.56 Å². The third-order valence-corrected chi connectivity index (χ3v) is 3.14. The van der Waals surface area contributed by atoms with Crippen molar-refractivity contribution in [2.75, 3.05) is 19.8 Å². The van der Waals surface area contributed by atoms with Crippen LogP contribution in [-0.2, 0) is 6.54 Å². The highest BCUT2D eigenvalue weighted by molar-refractivity contribution is 9.10. The molecule has 0 spiro atoms. The molecule has 0 aromatic heterocycles. The summed E-state index contributed by atoms with van der Waals surface area (Å²) in [6, 6.07) is 13.6. The average Bonchev–Trinajstić information content (AvgIpc) is 2.34. The number of nitrogens with two attached hydrogens (primary N) is 1. The lowest BCUT2D eigenvalue weighted by Gasteiger charge is -2.15. The van der Waals surface area contributed by atoms with Crippen LogP contribution in [0.5, 0.6) is 11.5 Å². The highest BCUT2D eigenvalue weighted by Gasteiger charge is 2.07. The van der Waals surface area contributed by atoms with Crippen molar-refractivity contribution in [1.29, 1.82) is 0 Å². The summed E-state index contributed by atoms with van der Waals surface area (Å²) in [5, 5.41) is 0. The van der Waals surface area contributed by atoms with Gasteiger partial charge >= 0.3 is 0 Å². The Balaban J connectivity index is 2.27. The first kappa shape index (κ1) is 13.9. The van der Waals surface area contributed by atoms with Gasteiger partial charge in [-0.25, -0.2) is 0 Å². The lowest BCUT2D eigenvalue weighted by molar-refractivity contribution is 0.389. The number of rotatable bonds is 4. The van der Waals surface area contributed by atoms with E-state index in [0.29, 0.717) is 11.4 Å². The number of halogens is 1. The Labute approximate surface area is 122 Å². The van der Waals surface area contributed by atoms with Gasteiger partial charge in [-0.1, -0.05) is 34.1 Å². The third kappa shape index (κ3) is 3.72. The van der Waals surface area contributed by atoms with Crippen molar-refractivity contribution in [1.82, 2.24) is 4.90 Å². The van der Waals surface area contributed by atoms with Gasteiger partial charge in [0.2, 0.25) is 0 Å². The summed E-state index contributed by atoms with van der Waals surface area (Å²) in [4.78, 5) is 2.10. The molecule has 2 N–H and O–H groups in total. The van der Waals surface area contributed by atoms with Gasteiger partial charge in [0.25, 0.3) is 0 Å². The van der Waals surface area contributed by atoms with E-state index in [0.717, 1.165) is 22.3 Å². The van der Waals surface area contributed by atoms with E-state index in [-0.39, 0.29) is 0 Å². The molecule has 2 aromatic rings. The average molecular weight is 321 g/mol. The number of anilines is 1. The molecule has 0 bridgehead atoms. The van der Waals surface area contributed by atoms with Crippen molar-refractivity contribution in [3.05, 3.63) is 52.5 Å². The Kier molecular flexibility index (Phi) is 4.45. The van der Waals surface area contributed by atoms with Crippen LogP contribution in [0.3, 0.4) is 0 Å². The molecule has 0 aliphatic carbocycles. The zero-order valence-electron chi connectivity index (χ0n) is 11.1. The highest BCUT2D eigenvalue weighted by Crippen LogP contribution is 2.31. The van der Waals surface area contributed by atoms with Gasteiger partial charge in [-0.15, -0.1) is 0 Å². The molecule has 3 nitrogen and oxygen atoms in total. The van der Waals surface area contributed by atoms with Crippen LogP contribution >= 0.6 is 15.9 Å². The van der Waals surface area contributed by atoms with Crippen LogP contribution in [0.2, 0.25) is 0 Å². The van der Waals surface area contributed by atoms with Crippen LogP contribution in [0.25, 0.3) is 0 Å². The first-order valence-corrected chi connectivity index (χ1v) is 6.81. The van der Waals surface area contributed by atoms with E-state index in [4.69, 9.17) is 10.5 Å². The second-order valence-corrected chi connectivity index (χ2v) is 5.55. The fraction of sp³-hybridized carbons (Fsp3) is 0.200. The van der Waals surface area contributed by atoms with Crippen LogP contribution < -0.4 is 10.5 Å². The Bertz CT molecular complexity index is 570. The van der Waals surface area contributed by atoms with Crippen LogP contribution in [0.15, 0.2) is 46.9 Å². The fourth-order valence-corrected chi connectivity index (χ4v) is 2.18. The molecule has 0 heterocycles. The zero-order chi connectivity index (χ0) is 13.8. The van der Waals surface area contributed by atoms with E-state index in [1.54, 1.807) is 0 Å². The molecule has 0 amide bonds. The maximum atomic E-state index is 5.96. The summed E-state index contributed by atoms with van der Waals surface area (Å²) >= 11 is 3.39. The maximum Gasteiger partial charge on any atom is 0.150 e. The smallest absolute Gasteiger partial charge is 0.150 e. The third-order valence-electron chi connectivity index (χ3n) is 2.65. The topological polar surface area (TPSA) is 38.5 Å². The SMILES string of the molecule is CN(C)Cc1ccccc1Oc1ccc(Br)cc1N. The van der Waals surface area contributed by atoms with Crippen molar-refractivity contribution in [2.24, 2.45) is 0 Å². The lowest BCUT2D eigenvalue weighted by atomic mass is 10.2. The predicted octanol–water partition coefficient (Wildman–Crippen LogP) is 3.89. The van der Waals surface area contributed by atoms with Gasteiger partial charge in [-0.2, -0.15) is 0 Å². The van der Waals surface area contributed by atoms with E-state index >= 15 is 0 Å². The summed E-state index contributed by atoms with van der Waals surface area (Å²) in [7, 11) is 4.07. The number of ether oxygens (including phenoxy) is 1. The van der Waals surface area contributed by atoms with Gasteiger partial charge in [-0.05, 0) is 38.4 Å². The van der Waals surface area contributed by atoms with Gasteiger partial charge in [0.05, 0.1) is 5.69 Å². The number of hydrogen-bond donors (Lipinski definition) is 1. The summed E-state index contributed by atoms with van der Waals surface area (Å²) in [5.74, 6) is 1.51. The summed E-state index contributed by atoms with van der Waals surface area (Å²) in [6.45, 7) is 0.826. The maximum absolute atomic E-state index is 5.96. The minimum Gasteiger partial charge on any atom is -0.455 e. The summed E-state index contributed by atoms with van der Waals surface area (Å²) in [5.41, 5.74) is 7.71. The molecule has 0 saturated heterocycles. The summed E-state index contributed by atoms with van der Waals surface area (Å²) in [6.07, 6.45) is 0. The highest BCUT2D eigenvalue weighted by atomic mass is 79.9. The molecule has 2 aromatic carbocycles. The van der Waals surface area contributed by atoms with Gasteiger partial charge in [0.15, 0.2) is 0 Å². The Hall–Kier alpha value is -1.52. The molecule has 0 saturated carbocycles. The molecule has 0 fully saturated rings. The number of nitrogens with zero attached hydrogens (tertiary/aromatic N) is 1. The van der Waals surface area contributed by atoms with Crippen LogP contribution in [0.4, 0.5) is 5.69 Å². The monoisotopic (exact) mass is 320 g/mol. The standard InChI is InChI=1S/C15H17BrN2O/c1-18(2)10-11-5-3-4-6-14(11)19-15-8-7-12(16)9-13(15)17/h3-9H,10,17H2,1-2H3. The Morgan fingerprint density at radius 1 is 1.11 bits per heavy atom. The molecule has 0 unspecified atom stereocenters. The van der Waals surface area contributed by atoms with E-state index in [1.165, 1.54) is 0 Å². The van der Waals surface area contributed by atoms with E-state index in [9.17, 15) is 0 Å². The fourth-order valence-electron chi connectivity index (χ4n) is 1.81. The number of nitrogen functional groups attached to an aromatic ring is 1. The minimum atomic E-state index is 0.619. The van der Waals surface area contributed by atoms with E-state index in [2.05, 4.69) is 26.9 Å². The van der Waals surface area contributed by atoms with Gasteiger partial charge < -0.3 is 15.4 Å². The first-order chi connectivity index (χ1) is 9.06. The van der Waals surface area contributed by atoms with Crippen LogP contribution in [0, 0.1) is 0 Å². The van der Waals surface area contributed by atoms with Crippen molar-refractivity contribution in [2.45, 2.75) is 6.54 Å². The molecule has 2 rings (SSSR count). The molecule has 4 heteroatoms. The molecular formula is C15H17BrN2O. The number of para-hydroxylation sites is 1. The zero-order valence-corrected chi connectivity index (χ0v) is 12.6. The first-order valence-electron chi connectivity index (χ1n) is 6.02. The predicted molar refractivity (Wildman–Crippen MR) is 82.5 cm³/mol. The second-order valence-electron chi connectivity index (χ2n) is 4.63. The molecule has 0 atom stereocenters. The number of hydrogen-bond acceptors (Lipinski definition) is 3. The number of benzene rings is 2. The summed E-state index contributed by atoms with van der Waals surface area (Å²) < 4.78 is 6.87. The Morgan fingerprint density at radius 2 is 1.84 bits per heavy atom. The van der Waals surface area contributed by atoms with Gasteiger partial charge in [0, 0.05) is 16.6 Å². The van der Waals surface area contributed by atoms with Gasteiger partial charge in [-0.3, -0.25) is 0 Å². The van der Waals surface area contributed by atoms with E-state index in [1.807, 2.05) is 50.5 Å². The van der Waals surface area contributed by atoms with E-state index < -0.39 is 0 Å².